The lowest BCUT2D eigenvalue weighted by Crippen LogP contribution is -2.39. The molecular weight excluding hydrogens is 210 g/mol. The summed E-state index contributed by atoms with van der Waals surface area (Å²) in [4.78, 5) is 0. The van der Waals surface area contributed by atoms with Crippen LogP contribution in [0.1, 0.15) is 12.0 Å². The van der Waals surface area contributed by atoms with E-state index in [0.29, 0.717) is 5.92 Å². The maximum atomic E-state index is 6.05. The molecule has 1 saturated heterocycles. The monoisotopic (exact) mass is 225 g/mol. The summed E-state index contributed by atoms with van der Waals surface area (Å²) in [6, 6.07) is 8.24. The van der Waals surface area contributed by atoms with Gasteiger partial charge in [0.05, 0.1) is 6.61 Å². The van der Waals surface area contributed by atoms with Crippen LogP contribution in [0.5, 0.6) is 0 Å². The molecule has 2 atom stereocenters. The van der Waals surface area contributed by atoms with E-state index >= 15 is 0 Å². The van der Waals surface area contributed by atoms with Crippen molar-refractivity contribution in [3.05, 3.63) is 34.9 Å². The first-order chi connectivity index (χ1) is 7.25. The first-order valence-electron chi connectivity index (χ1n) is 5.33. The van der Waals surface area contributed by atoms with Crippen molar-refractivity contribution in [2.75, 3.05) is 13.2 Å². The van der Waals surface area contributed by atoms with Crippen molar-refractivity contribution in [2.24, 2.45) is 11.7 Å². The molecule has 3 heteroatoms. The molecule has 1 aromatic carbocycles. The van der Waals surface area contributed by atoms with Gasteiger partial charge in [0, 0.05) is 23.6 Å². The van der Waals surface area contributed by atoms with Crippen molar-refractivity contribution in [3.8, 4) is 0 Å². The lowest BCUT2D eigenvalue weighted by molar-refractivity contribution is 0.0422. The Morgan fingerprint density at radius 2 is 2.07 bits per heavy atom. The summed E-state index contributed by atoms with van der Waals surface area (Å²) in [6.07, 6.45) is 1.95. The molecule has 0 saturated carbocycles. The molecule has 1 aliphatic heterocycles. The Bertz CT molecular complexity index is 312. The van der Waals surface area contributed by atoms with Gasteiger partial charge in [-0.05, 0) is 30.5 Å². The van der Waals surface area contributed by atoms with E-state index in [1.165, 1.54) is 5.56 Å². The molecule has 1 heterocycles. The molecule has 1 fully saturated rings. The van der Waals surface area contributed by atoms with Crippen LogP contribution in [-0.4, -0.2) is 19.3 Å². The van der Waals surface area contributed by atoms with E-state index < -0.39 is 0 Å². The summed E-state index contributed by atoms with van der Waals surface area (Å²) in [5, 5.41) is 0.781. The van der Waals surface area contributed by atoms with Gasteiger partial charge in [0.1, 0.15) is 0 Å². The molecule has 2 nitrogen and oxygen atoms in total. The van der Waals surface area contributed by atoms with Crippen LogP contribution in [0.15, 0.2) is 24.3 Å². The first-order valence-corrected chi connectivity index (χ1v) is 5.71. The van der Waals surface area contributed by atoms with E-state index in [9.17, 15) is 0 Å². The highest BCUT2D eigenvalue weighted by atomic mass is 35.5. The molecule has 0 unspecified atom stereocenters. The Hall–Kier alpha value is -0.570. The predicted octanol–water partition coefficient (Wildman–Crippen LogP) is 2.25. The summed E-state index contributed by atoms with van der Waals surface area (Å²) in [7, 11) is 0. The molecule has 0 radical (unpaired) electrons. The van der Waals surface area contributed by atoms with Crippen LogP contribution in [0, 0.1) is 5.92 Å². The van der Waals surface area contributed by atoms with Crippen molar-refractivity contribution < 1.29 is 4.74 Å². The topological polar surface area (TPSA) is 35.2 Å². The third kappa shape index (κ3) is 2.94. The first kappa shape index (κ1) is 10.9. The molecule has 0 spiro atoms. The van der Waals surface area contributed by atoms with Gasteiger partial charge in [0.15, 0.2) is 0 Å². The number of halogens is 1. The maximum Gasteiger partial charge on any atom is 0.0512 e. The van der Waals surface area contributed by atoms with E-state index in [-0.39, 0.29) is 6.04 Å². The van der Waals surface area contributed by atoms with Crippen LogP contribution in [0.25, 0.3) is 0 Å². The highest BCUT2D eigenvalue weighted by Crippen LogP contribution is 2.19. The van der Waals surface area contributed by atoms with Gasteiger partial charge in [-0.3, -0.25) is 0 Å². The summed E-state index contributed by atoms with van der Waals surface area (Å²) in [5.74, 6) is 0.444. The van der Waals surface area contributed by atoms with Gasteiger partial charge in [-0.25, -0.2) is 0 Å². The Morgan fingerprint density at radius 3 is 2.73 bits per heavy atom. The van der Waals surface area contributed by atoms with E-state index in [1.54, 1.807) is 0 Å². The van der Waals surface area contributed by atoms with E-state index in [4.69, 9.17) is 22.1 Å². The quantitative estimate of drug-likeness (QED) is 0.838. The number of ether oxygens (including phenoxy) is 1. The second kappa shape index (κ2) is 4.97. The molecule has 1 aromatic rings. The zero-order valence-corrected chi connectivity index (χ0v) is 9.41. The van der Waals surface area contributed by atoms with Crippen LogP contribution in [0.2, 0.25) is 5.02 Å². The minimum Gasteiger partial charge on any atom is -0.381 e. The van der Waals surface area contributed by atoms with E-state index in [0.717, 1.165) is 31.1 Å². The lowest BCUT2D eigenvalue weighted by atomic mass is 9.90. The molecule has 15 heavy (non-hydrogen) atoms. The van der Waals surface area contributed by atoms with Crippen LogP contribution >= 0.6 is 11.6 Å². The van der Waals surface area contributed by atoms with Gasteiger partial charge < -0.3 is 10.5 Å². The molecule has 82 valence electrons. The fourth-order valence-electron chi connectivity index (χ4n) is 1.95. The van der Waals surface area contributed by atoms with Gasteiger partial charge >= 0.3 is 0 Å². The minimum absolute atomic E-state index is 0.273. The molecule has 0 aromatic heterocycles. The minimum atomic E-state index is 0.273. The number of hydrogen-bond donors (Lipinski definition) is 1. The van der Waals surface area contributed by atoms with Crippen molar-refractivity contribution in [1.82, 2.24) is 0 Å². The largest absolute Gasteiger partial charge is 0.381 e. The average Bonchev–Trinajstić information content (AvgIpc) is 2.25. The van der Waals surface area contributed by atoms with Gasteiger partial charge in [0.25, 0.3) is 0 Å². The molecule has 0 bridgehead atoms. The van der Waals surface area contributed by atoms with Gasteiger partial charge in [-0.2, -0.15) is 0 Å². The summed E-state index contributed by atoms with van der Waals surface area (Å²) < 4.78 is 5.44. The summed E-state index contributed by atoms with van der Waals surface area (Å²) in [6.45, 7) is 1.59. The molecular formula is C12H16ClNO. The SMILES string of the molecule is N[C@@H]1CCOC[C@@H]1Cc1ccc(Cl)cc1. The standard InChI is InChI=1S/C12H16ClNO/c13-11-3-1-9(2-4-11)7-10-8-15-6-5-12(10)14/h1-4,10,12H,5-8,14H2/t10-,12+/m0/s1. The Morgan fingerprint density at radius 1 is 1.33 bits per heavy atom. The highest BCUT2D eigenvalue weighted by Gasteiger charge is 2.22. The van der Waals surface area contributed by atoms with Gasteiger partial charge in [-0.1, -0.05) is 23.7 Å². The molecule has 0 amide bonds. The molecule has 2 N–H and O–H groups in total. The van der Waals surface area contributed by atoms with Gasteiger partial charge in [0.2, 0.25) is 0 Å². The normalized spacial score (nSPS) is 26.5. The van der Waals surface area contributed by atoms with Crippen LogP contribution in [0.3, 0.4) is 0 Å². The Balaban J connectivity index is 1.98. The number of rotatable bonds is 2. The highest BCUT2D eigenvalue weighted by molar-refractivity contribution is 6.30. The van der Waals surface area contributed by atoms with Gasteiger partial charge in [-0.15, -0.1) is 0 Å². The fraction of sp³-hybridized carbons (Fsp3) is 0.500. The van der Waals surface area contributed by atoms with Crippen molar-refractivity contribution >= 4 is 11.6 Å². The third-order valence-electron chi connectivity index (χ3n) is 2.94. The average molecular weight is 226 g/mol. The Kier molecular flexibility index (Phi) is 3.62. The Labute approximate surface area is 95.4 Å². The van der Waals surface area contributed by atoms with Crippen molar-refractivity contribution in [3.63, 3.8) is 0 Å². The summed E-state index contributed by atoms with van der Waals surface area (Å²) >= 11 is 5.83. The maximum absolute atomic E-state index is 6.05. The number of nitrogens with two attached hydrogens (primary N) is 1. The second-order valence-electron chi connectivity index (χ2n) is 4.12. The fourth-order valence-corrected chi connectivity index (χ4v) is 2.07. The smallest absolute Gasteiger partial charge is 0.0512 e. The second-order valence-corrected chi connectivity index (χ2v) is 4.55. The van der Waals surface area contributed by atoms with Crippen molar-refractivity contribution in [1.29, 1.82) is 0 Å². The van der Waals surface area contributed by atoms with Crippen LogP contribution in [0.4, 0.5) is 0 Å². The summed E-state index contributed by atoms with van der Waals surface area (Å²) in [5.41, 5.74) is 7.33. The molecule has 0 aliphatic carbocycles. The van der Waals surface area contributed by atoms with E-state index in [2.05, 4.69) is 12.1 Å². The third-order valence-corrected chi connectivity index (χ3v) is 3.20. The van der Waals surface area contributed by atoms with Crippen LogP contribution < -0.4 is 5.73 Å². The molecule has 2 rings (SSSR count). The number of hydrogen-bond acceptors (Lipinski definition) is 2. The van der Waals surface area contributed by atoms with E-state index in [1.807, 2.05) is 12.1 Å². The zero-order valence-electron chi connectivity index (χ0n) is 8.66. The predicted molar refractivity (Wildman–Crippen MR) is 62.1 cm³/mol. The zero-order chi connectivity index (χ0) is 10.7. The van der Waals surface area contributed by atoms with Crippen LogP contribution in [-0.2, 0) is 11.2 Å². The van der Waals surface area contributed by atoms with Crippen molar-refractivity contribution in [2.45, 2.75) is 18.9 Å². The molecule has 1 aliphatic rings. The number of benzene rings is 1. The lowest BCUT2D eigenvalue weighted by Gasteiger charge is -2.28.